The monoisotopic (exact) mass is 432 g/mol. The molecule has 0 fully saturated rings. The highest BCUT2D eigenvalue weighted by atomic mass is 32.1. The van der Waals surface area contributed by atoms with Gasteiger partial charge in [-0.3, -0.25) is 0 Å². The molecule has 1 aliphatic rings. The molecule has 1 aliphatic carbocycles. The Labute approximate surface area is 188 Å². The van der Waals surface area contributed by atoms with Crippen molar-refractivity contribution in [3.63, 3.8) is 0 Å². The molecule has 0 saturated carbocycles. The fourth-order valence-electron chi connectivity index (χ4n) is 4.12. The number of nitrogens with one attached hydrogen (secondary N) is 1. The standard InChI is InChI=1S/C26H28N2O2S/c1-4-6-18-15-19(9-12-24(18)30-17(2)3)26-28-16-25(31-26)22-8-5-7-21-20(22)10-11-23(21)27-13-14-29/h5,7-9,12,15-17,23,27,29H,10-11,13-14H2,1-3H3. The maximum absolute atomic E-state index is 9.15. The van der Waals surface area contributed by atoms with Crippen molar-refractivity contribution < 1.29 is 9.84 Å². The SMILES string of the molecule is CC#Cc1cc(-c2ncc(-c3cccc4c3CCC4NCCO)s2)ccc1OC(C)C. The lowest BCUT2D eigenvalue weighted by Gasteiger charge is -2.13. The summed E-state index contributed by atoms with van der Waals surface area (Å²) in [5.41, 5.74) is 5.95. The number of hydrogen-bond donors (Lipinski definition) is 2. The lowest BCUT2D eigenvalue weighted by molar-refractivity contribution is 0.242. The van der Waals surface area contributed by atoms with E-state index >= 15 is 0 Å². The highest BCUT2D eigenvalue weighted by molar-refractivity contribution is 7.18. The predicted molar refractivity (Wildman–Crippen MR) is 127 cm³/mol. The molecule has 0 amide bonds. The van der Waals surface area contributed by atoms with E-state index in [1.165, 1.54) is 21.6 Å². The van der Waals surface area contributed by atoms with Crippen molar-refractivity contribution in [2.24, 2.45) is 0 Å². The minimum Gasteiger partial charge on any atom is -0.490 e. The first-order valence-electron chi connectivity index (χ1n) is 10.8. The Morgan fingerprint density at radius 2 is 2.16 bits per heavy atom. The zero-order valence-electron chi connectivity index (χ0n) is 18.2. The minimum absolute atomic E-state index is 0.102. The van der Waals surface area contributed by atoms with E-state index in [9.17, 15) is 0 Å². The van der Waals surface area contributed by atoms with Gasteiger partial charge in [-0.2, -0.15) is 0 Å². The van der Waals surface area contributed by atoms with E-state index in [0.29, 0.717) is 12.6 Å². The molecule has 0 radical (unpaired) electrons. The van der Waals surface area contributed by atoms with Crippen LogP contribution < -0.4 is 10.1 Å². The molecule has 0 aliphatic heterocycles. The van der Waals surface area contributed by atoms with Crippen LogP contribution in [0.5, 0.6) is 5.75 Å². The molecule has 31 heavy (non-hydrogen) atoms. The number of ether oxygens (including phenoxy) is 1. The summed E-state index contributed by atoms with van der Waals surface area (Å²) in [6.45, 7) is 6.67. The summed E-state index contributed by atoms with van der Waals surface area (Å²) in [5.74, 6) is 6.96. The second-order valence-corrected chi connectivity index (χ2v) is 8.96. The van der Waals surface area contributed by atoms with Crippen LogP contribution in [0.15, 0.2) is 42.6 Å². The number of aromatic nitrogens is 1. The van der Waals surface area contributed by atoms with Gasteiger partial charge in [-0.15, -0.1) is 17.3 Å². The molecular weight excluding hydrogens is 404 g/mol. The number of thiazole rings is 1. The van der Waals surface area contributed by atoms with Crippen molar-refractivity contribution in [2.75, 3.05) is 13.2 Å². The van der Waals surface area contributed by atoms with Gasteiger partial charge >= 0.3 is 0 Å². The molecule has 4 nitrogen and oxygen atoms in total. The molecule has 2 aromatic carbocycles. The van der Waals surface area contributed by atoms with Gasteiger partial charge in [0.1, 0.15) is 10.8 Å². The molecule has 1 heterocycles. The Kier molecular flexibility index (Phi) is 6.72. The minimum atomic E-state index is 0.102. The van der Waals surface area contributed by atoms with Crippen LogP contribution in [-0.2, 0) is 6.42 Å². The lowest BCUT2D eigenvalue weighted by atomic mass is 10.0. The van der Waals surface area contributed by atoms with Gasteiger partial charge in [0.25, 0.3) is 0 Å². The van der Waals surface area contributed by atoms with E-state index < -0.39 is 0 Å². The molecule has 3 aromatic rings. The topological polar surface area (TPSA) is 54.4 Å². The van der Waals surface area contributed by atoms with Gasteiger partial charge in [-0.25, -0.2) is 4.98 Å². The molecule has 0 saturated heterocycles. The number of aliphatic hydroxyl groups is 1. The average molecular weight is 433 g/mol. The van der Waals surface area contributed by atoms with Crippen molar-refractivity contribution in [1.29, 1.82) is 0 Å². The highest BCUT2D eigenvalue weighted by Crippen LogP contribution is 2.41. The smallest absolute Gasteiger partial charge is 0.135 e. The Balaban J connectivity index is 1.65. The third-order valence-corrected chi connectivity index (χ3v) is 6.47. The maximum atomic E-state index is 9.15. The van der Waals surface area contributed by atoms with Gasteiger partial charge in [0, 0.05) is 24.3 Å². The first kappa shape index (κ1) is 21.6. The number of benzene rings is 2. The van der Waals surface area contributed by atoms with Crippen molar-refractivity contribution in [2.45, 2.75) is 45.8 Å². The summed E-state index contributed by atoms with van der Waals surface area (Å²) < 4.78 is 5.91. The van der Waals surface area contributed by atoms with Crippen molar-refractivity contribution in [3.8, 4) is 38.6 Å². The van der Waals surface area contributed by atoms with Gasteiger partial charge in [0.2, 0.25) is 0 Å². The van der Waals surface area contributed by atoms with E-state index in [2.05, 4.69) is 47.5 Å². The second-order valence-electron chi connectivity index (χ2n) is 7.92. The van der Waals surface area contributed by atoms with Gasteiger partial charge in [-0.05, 0) is 68.5 Å². The number of rotatable bonds is 7. The summed E-state index contributed by atoms with van der Waals surface area (Å²) in [6.07, 6.45) is 4.19. The van der Waals surface area contributed by atoms with Crippen LogP contribution in [0.3, 0.4) is 0 Å². The summed E-state index contributed by atoms with van der Waals surface area (Å²) in [5, 5.41) is 13.6. The maximum Gasteiger partial charge on any atom is 0.135 e. The first-order valence-corrected chi connectivity index (χ1v) is 11.6. The molecule has 1 atom stereocenters. The largest absolute Gasteiger partial charge is 0.490 e. The van der Waals surface area contributed by atoms with Gasteiger partial charge in [0.05, 0.1) is 23.2 Å². The summed E-state index contributed by atoms with van der Waals surface area (Å²) in [7, 11) is 0. The van der Waals surface area contributed by atoms with Gasteiger partial charge in [0.15, 0.2) is 0 Å². The van der Waals surface area contributed by atoms with Crippen LogP contribution in [-0.4, -0.2) is 29.3 Å². The number of hydrogen-bond acceptors (Lipinski definition) is 5. The highest BCUT2D eigenvalue weighted by Gasteiger charge is 2.25. The second kappa shape index (κ2) is 9.65. The van der Waals surface area contributed by atoms with E-state index in [1.807, 2.05) is 33.0 Å². The molecule has 5 heteroatoms. The predicted octanol–water partition coefficient (Wildman–Crippen LogP) is 5.20. The summed E-state index contributed by atoms with van der Waals surface area (Å²) in [6, 6.07) is 13.0. The molecule has 0 spiro atoms. The number of fused-ring (bicyclic) bond motifs is 1. The first-order chi connectivity index (χ1) is 15.1. The van der Waals surface area contributed by atoms with E-state index in [-0.39, 0.29) is 12.7 Å². The third kappa shape index (κ3) is 4.67. The summed E-state index contributed by atoms with van der Waals surface area (Å²) >= 11 is 1.71. The Morgan fingerprint density at radius 3 is 2.94 bits per heavy atom. The molecular formula is C26H28N2O2S. The zero-order chi connectivity index (χ0) is 21.8. The van der Waals surface area contributed by atoms with Crippen LogP contribution in [0.1, 0.15) is 49.9 Å². The van der Waals surface area contributed by atoms with Crippen molar-refractivity contribution >= 4 is 11.3 Å². The fourth-order valence-corrected chi connectivity index (χ4v) is 5.09. The number of aliphatic hydroxyl groups excluding tert-OH is 1. The van der Waals surface area contributed by atoms with Crippen LogP contribution in [0, 0.1) is 11.8 Å². The van der Waals surface area contributed by atoms with E-state index in [0.717, 1.165) is 34.7 Å². The quantitative estimate of drug-likeness (QED) is 0.504. The van der Waals surface area contributed by atoms with Crippen molar-refractivity contribution in [1.82, 2.24) is 10.3 Å². The Morgan fingerprint density at radius 1 is 1.29 bits per heavy atom. The van der Waals surface area contributed by atoms with Gasteiger partial charge < -0.3 is 15.2 Å². The van der Waals surface area contributed by atoms with Gasteiger partial charge in [-0.1, -0.05) is 24.1 Å². The van der Waals surface area contributed by atoms with Crippen LogP contribution in [0.25, 0.3) is 21.0 Å². The Hall–Kier alpha value is -2.65. The third-order valence-electron chi connectivity index (χ3n) is 5.39. The number of nitrogens with zero attached hydrogens (tertiary/aromatic N) is 1. The molecule has 1 aromatic heterocycles. The molecule has 2 N–H and O–H groups in total. The molecule has 160 valence electrons. The molecule has 4 rings (SSSR count). The lowest BCUT2D eigenvalue weighted by Crippen LogP contribution is -2.22. The van der Waals surface area contributed by atoms with Crippen LogP contribution in [0.2, 0.25) is 0 Å². The average Bonchev–Trinajstić information content (AvgIpc) is 3.41. The van der Waals surface area contributed by atoms with E-state index in [1.54, 1.807) is 11.3 Å². The van der Waals surface area contributed by atoms with Crippen LogP contribution in [0.4, 0.5) is 0 Å². The van der Waals surface area contributed by atoms with E-state index in [4.69, 9.17) is 14.8 Å². The van der Waals surface area contributed by atoms with Crippen molar-refractivity contribution in [3.05, 3.63) is 59.3 Å². The van der Waals surface area contributed by atoms with Crippen LogP contribution >= 0.6 is 11.3 Å². The fraction of sp³-hybridized carbons (Fsp3) is 0.346. The normalized spacial score (nSPS) is 14.9. The summed E-state index contributed by atoms with van der Waals surface area (Å²) in [4.78, 5) is 5.91. The molecule has 0 bridgehead atoms. The molecule has 1 unspecified atom stereocenters. The zero-order valence-corrected chi connectivity index (χ0v) is 19.1. The Bertz CT molecular complexity index is 1120.